The average Bonchev–Trinajstić information content (AvgIpc) is 3.69. The maximum absolute atomic E-state index is 12.9. The summed E-state index contributed by atoms with van der Waals surface area (Å²) < 4.78 is 52.1. The second-order valence-corrected chi connectivity index (χ2v) is 22.3. The zero-order valence-corrected chi connectivity index (χ0v) is 49.7. The van der Waals surface area contributed by atoms with Crippen LogP contribution in [0.2, 0.25) is 0 Å². The summed E-state index contributed by atoms with van der Waals surface area (Å²) in [5.74, 6) is 0.536. The predicted octanol–water partition coefficient (Wildman–Crippen LogP) is 6.19. The Balaban J connectivity index is 0.0000231. The van der Waals surface area contributed by atoms with Gasteiger partial charge < -0.3 is 28.3 Å². The monoisotopic (exact) mass is 1050 g/mol. The van der Waals surface area contributed by atoms with Crippen molar-refractivity contribution in [2.45, 2.75) is 244 Å². The van der Waals surface area contributed by atoms with E-state index < -0.39 is 70.6 Å². The number of carbonyl (C=O) groups excluding carboxylic acids is 1. The molecule has 0 saturated carbocycles. The molecule has 2 heterocycles. The van der Waals surface area contributed by atoms with Gasteiger partial charge in [0.15, 0.2) is 0 Å². The number of aromatic amines is 1. The molecule has 1 N–H and O–H groups in total. The molecule has 0 aliphatic carbocycles. The maximum atomic E-state index is 12.9. The number of carbonyl (C=O) groups is 1. The van der Waals surface area contributed by atoms with Crippen molar-refractivity contribution >= 4 is 33.4 Å². The minimum absolute atomic E-state index is 0. The summed E-state index contributed by atoms with van der Waals surface area (Å²) in [7, 11) is -11.2. The van der Waals surface area contributed by atoms with E-state index in [1.165, 1.54) is 166 Å². The number of rotatable bonds is 44. The Kier molecular flexibility index (Phi) is 43.3. The van der Waals surface area contributed by atoms with E-state index in [0.29, 0.717) is 6.42 Å². The van der Waals surface area contributed by atoms with E-state index >= 15 is 0 Å². The fourth-order valence-corrected chi connectivity index (χ4v) is 11.2. The first-order valence-corrected chi connectivity index (χ1v) is 29.8. The number of nitrogens with zero attached hydrogens (tertiary/aromatic N) is 4. The summed E-state index contributed by atoms with van der Waals surface area (Å²) in [6.45, 7) is 4.47. The number of thioether (sulfide) groups is 1. The normalized spacial score (nSPS) is 17.8. The van der Waals surface area contributed by atoms with Crippen LogP contribution >= 0.6 is 27.4 Å². The van der Waals surface area contributed by atoms with Gasteiger partial charge in [0.05, 0.1) is 25.4 Å². The number of hydrogen-bond donors (Lipinski definition) is 1. The van der Waals surface area contributed by atoms with Crippen LogP contribution in [-0.2, 0) is 36.8 Å². The molecule has 69 heavy (non-hydrogen) atoms. The van der Waals surface area contributed by atoms with E-state index in [1.807, 2.05) is 0 Å². The molecular formula is C47H85N5Na2O12P2S. The molecule has 1 aliphatic heterocycles. The number of phosphoric ester groups is 2. The van der Waals surface area contributed by atoms with Crippen molar-refractivity contribution in [3.63, 3.8) is 0 Å². The molecule has 0 bridgehead atoms. The molecule has 6 atom stereocenters. The van der Waals surface area contributed by atoms with Crippen LogP contribution in [0.1, 0.15) is 225 Å². The molecule has 0 spiro atoms. The zero-order chi connectivity index (χ0) is 49.0. The smallest absolute Gasteiger partial charge is 0.756 e. The Bertz CT molecular complexity index is 1740. The molecule has 1 fully saturated rings. The van der Waals surface area contributed by atoms with Gasteiger partial charge in [0.25, 0.3) is 21.2 Å². The van der Waals surface area contributed by atoms with Gasteiger partial charge in [-0.25, -0.2) is 9.11 Å². The number of hydrogen-bond acceptors (Lipinski definition) is 14. The zero-order valence-electron chi connectivity index (χ0n) is 43.1. The molecule has 3 unspecified atom stereocenters. The van der Waals surface area contributed by atoms with Gasteiger partial charge in [0.2, 0.25) is 0 Å². The first-order valence-electron chi connectivity index (χ1n) is 25.7. The van der Waals surface area contributed by atoms with E-state index in [-0.39, 0.29) is 83.3 Å². The Morgan fingerprint density at radius 1 is 0.783 bits per heavy atom. The summed E-state index contributed by atoms with van der Waals surface area (Å²) in [6.07, 6.45) is 33.6. The van der Waals surface area contributed by atoms with Crippen LogP contribution in [0.15, 0.2) is 20.9 Å². The van der Waals surface area contributed by atoms with Crippen molar-refractivity contribution in [2.24, 2.45) is 5.11 Å². The largest absolute Gasteiger partial charge is 1.00 e. The molecule has 2 rings (SSSR count). The van der Waals surface area contributed by atoms with Crippen molar-refractivity contribution < 1.29 is 106 Å². The molecule has 0 aromatic carbocycles. The fraction of sp³-hybridized carbons (Fsp3) is 0.894. The Labute approximate surface area is 462 Å². The van der Waals surface area contributed by atoms with Crippen LogP contribution in [0.5, 0.6) is 0 Å². The summed E-state index contributed by atoms with van der Waals surface area (Å²) in [5, 5.41) is 3.60. The van der Waals surface area contributed by atoms with Crippen molar-refractivity contribution in [3.8, 4) is 0 Å². The van der Waals surface area contributed by atoms with Crippen molar-refractivity contribution in [3.05, 3.63) is 43.0 Å². The van der Waals surface area contributed by atoms with E-state index in [9.17, 15) is 33.3 Å². The minimum Gasteiger partial charge on any atom is -0.756 e. The molecule has 1 aromatic heterocycles. The average molecular weight is 1050 g/mol. The predicted molar refractivity (Wildman–Crippen MR) is 263 cm³/mol. The second kappa shape index (κ2) is 43.3. The number of azide groups is 1. The van der Waals surface area contributed by atoms with Gasteiger partial charge in [0, 0.05) is 35.3 Å². The Morgan fingerprint density at radius 2 is 1.23 bits per heavy atom. The van der Waals surface area contributed by atoms with Crippen molar-refractivity contribution in [1.82, 2.24) is 9.55 Å². The number of nitrogens with one attached hydrogen (secondary N) is 1. The number of ether oxygens (including phenoxy) is 2. The van der Waals surface area contributed by atoms with E-state index in [4.69, 9.17) is 24.1 Å². The minimum atomic E-state index is -5.60. The first-order chi connectivity index (χ1) is 32.3. The van der Waals surface area contributed by atoms with Crippen LogP contribution in [0.3, 0.4) is 0 Å². The molecule has 0 amide bonds. The molecule has 22 heteroatoms. The maximum Gasteiger partial charge on any atom is 1.00 e. The molecule has 17 nitrogen and oxygen atoms in total. The Morgan fingerprint density at radius 3 is 1.71 bits per heavy atom. The van der Waals surface area contributed by atoms with E-state index in [0.717, 1.165) is 48.8 Å². The van der Waals surface area contributed by atoms with Gasteiger partial charge >= 0.3 is 70.8 Å². The third kappa shape index (κ3) is 35.0. The van der Waals surface area contributed by atoms with Crippen LogP contribution in [0.25, 0.3) is 10.4 Å². The van der Waals surface area contributed by atoms with Gasteiger partial charge in [-0.2, -0.15) is 11.8 Å². The fourth-order valence-electron chi connectivity index (χ4n) is 8.15. The quantitative estimate of drug-likeness (QED) is 0.0146. The first kappa shape index (κ1) is 69.0. The summed E-state index contributed by atoms with van der Waals surface area (Å²) in [5.41, 5.74) is 7.86. The number of H-pyrrole nitrogens is 1. The third-order valence-electron chi connectivity index (χ3n) is 12.1. The van der Waals surface area contributed by atoms with Crippen LogP contribution in [0, 0.1) is 6.92 Å². The van der Waals surface area contributed by atoms with Gasteiger partial charge in [-0.15, -0.1) is 0 Å². The molecular weight excluding hydrogens is 967 g/mol. The number of aromatic nitrogens is 2. The van der Waals surface area contributed by atoms with Gasteiger partial charge in [-0.1, -0.05) is 192 Å². The third-order valence-corrected chi connectivity index (χ3v) is 15.8. The number of aryl methyl sites for hydroxylation is 1. The number of unbranched alkanes of at least 4 members (excludes halogenated alkanes) is 27. The van der Waals surface area contributed by atoms with Crippen LogP contribution in [0.4, 0.5) is 0 Å². The summed E-state index contributed by atoms with van der Waals surface area (Å²) in [6, 6.07) is -1.02. The van der Waals surface area contributed by atoms with Gasteiger partial charge in [-0.3, -0.25) is 28.3 Å². The number of phosphoric acid groups is 2. The molecule has 1 aromatic rings. The molecule has 388 valence electrons. The molecule has 0 radical (unpaired) electrons. The SMILES string of the molecule is CCCCCCCCCCCCCCCCCCSCC(COP(=O)([O-])OP(=O)([O-])OC[C@H]1O[C@@H](n2cc(C)c(=O)[nH]c2=O)C[C@@H]1N=[N+]=[N-])OC(=O)CCCCCCCCCCCCCCC.[Na+].[Na+]. The van der Waals surface area contributed by atoms with Crippen molar-refractivity contribution in [2.75, 3.05) is 24.7 Å². The molecule has 1 saturated heterocycles. The van der Waals surface area contributed by atoms with E-state index in [1.54, 1.807) is 0 Å². The molecule has 1 aliphatic rings. The summed E-state index contributed by atoms with van der Waals surface area (Å²) >= 11 is 1.51. The van der Waals surface area contributed by atoms with E-state index in [2.05, 4.69) is 33.2 Å². The summed E-state index contributed by atoms with van der Waals surface area (Å²) in [4.78, 5) is 67.5. The van der Waals surface area contributed by atoms with Crippen molar-refractivity contribution in [1.29, 1.82) is 0 Å². The van der Waals surface area contributed by atoms with Crippen LogP contribution < -0.4 is 80.2 Å². The van der Waals surface area contributed by atoms with Crippen LogP contribution in [-0.4, -0.2) is 58.5 Å². The van der Waals surface area contributed by atoms with Gasteiger partial charge in [-0.05, 0) is 31.0 Å². The standard InChI is InChI=1S/C47H87N5O12P2S.2Na/c1-4-6-8-10-12-14-16-18-19-20-22-24-26-28-30-32-34-67-39-41(62-45(53)33-31-29-27-25-23-21-17-15-13-11-9-7-5-2)37-60-65(56,57)64-66(58,59)61-38-43-42(50-51-48)35-44(63-43)52-36-40(3)46(54)49-47(52)55;;/h36,41-44H,4-35,37-39H2,1-3H3,(H,56,57)(H,58,59)(H,49,54,55);;/q;2*+1/p-2/t41?,42-,43+,44+;;/m0../s1. The van der Waals surface area contributed by atoms with Gasteiger partial charge in [0.1, 0.15) is 12.3 Å². The Hall–Kier alpha value is 0.0300. The topological polar surface area (TPSA) is 247 Å². The number of esters is 1. The second-order valence-electron chi connectivity index (χ2n) is 18.2.